The van der Waals surface area contributed by atoms with E-state index in [2.05, 4.69) is 38.2 Å². The van der Waals surface area contributed by atoms with Crippen molar-refractivity contribution in [2.24, 2.45) is 0 Å². The van der Waals surface area contributed by atoms with E-state index in [9.17, 15) is 9.59 Å². The van der Waals surface area contributed by atoms with Gasteiger partial charge in [-0.2, -0.15) is 0 Å². The summed E-state index contributed by atoms with van der Waals surface area (Å²) in [6.07, 6.45) is 1.35. The van der Waals surface area contributed by atoms with Crippen LogP contribution in [-0.2, 0) is 0 Å². The summed E-state index contributed by atoms with van der Waals surface area (Å²) >= 11 is 2.16. The number of urea groups is 1. The third-order valence-corrected chi connectivity index (χ3v) is 3.08. The molecule has 2 aromatic rings. The van der Waals surface area contributed by atoms with Gasteiger partial charge in [0.2, 0.25) is 0 Å². The summed E-state index contributed by atoms with van der Waals surface area (Å²) in [5, 5.41) is 14.0. The van der Waals surface area contributed by atoms with Crippen LogP contribution in [-0.4, -0.2) is 22.1 Å². The molecule has 7 heteroatoms. The van der Waals surface area contributed by atoms with Crippen molar-refractivity contribution in [3.63, 3.8) is 0 Å². The highest BCUT2D eigenvalue weighted by atomic mass is 127. The number of nitrogens with zero attached hydrogens (tertiary/aromatic N) is 1. The van der Waals surface area contributed by atoms with Gasteiger partial charge in [0.15, 0.2) is 5.69 Å². The second kappa shape index (κ2) is 6.33. The topological polar surface area (TPSA) is 91.3 Å². The van der Waals surface area contributed by atoms with Crippen LogP contribution in [0.25, 0.3) is 0 Å². The fourth-order valence-electron chi connectivity index (χ4n) is 1.49. The van der Waals surface area contributed by atoms with Crippen LogP contribution >= 0.6 is 22.6 Å². The molecular weight excluding hydrogens is 373 g/mol. The van der Waals surface area contributed by atoms with Gasteiger partial charge in [-0.15, -0.1) is 0 Å². The van der Waals surface area contributed by atoms with Crippen molar-refractivity contribution in [2.75, 3.05) is 10.6 Å². The minimum atomic E-state index is -1.20. The lowest BCUT2D eigenvalue weighted by Gasteiger charge is -2.09. The molecule has 102 valence electrons. The lowest BCUT2D eigenvalue weighted by Crippen LogP contribution is -2.21. The maximum Gasteiger partial charge on any atom is 0.356 e. The Morgan fingerprint density at radius 2 is 1.80 bits per heavy atom. The molecule has 0 aliphatic rings. The van der Waals surface area contributed by atoms with Gasteiger partial charge in [-0.1, -0.05) is 0 Å². The van der Waals surface area contributed by atoms with E-state index in [4.69, 9.17) is 5.11 Å². The molecule has 0 atom stereocenters. The fourth-order valence-corrected chi connectivity index (χ4v) is 1.85. The summed E-state index contributed by atoms with van der Waals surface area (Å²) in [4.78, 5) is 26.5. The summed E-state index contributed by atoms with van der Waals surface area (Å²) in [6.45, 7) is 0. The van der Waals surface area contributed by atoms with Crippen molar-refractivity contribution in [3.8, 4) is 0 Å². The van der Waals surface area contributed by atoms with Gasteiger partial charge in [-0.3, -0.25) is 0 Å². The molecule has 1 heterocycles. The Morgan fingerprint density at radius 1 is 1.10 bits per heavy atom. The Bertz CT molecular complexity index is 644. The van der Waals surface area contributed by atoms with Crippen molar-refractivity contribution in [3.05, 3.63) is 51.9 Å². The minimum absolute atomic E-state index is 0.142. The molecule has 6 nitrogen and oxygen atoms in total. The van der Waals surface area contributed by atoms with E-state index in [1.807, 2.05) is 12.1 Å². The molecule has 0 spiro atoms. The number of carbonyl (C=O) groups excluding carboxylic acids is 1. The summed E-state index contributed by atoms with van der Waals surface area (Å²) in [5.41, 5.74) is 0.553. The molecule has 3 N–H and O–H groups in total. The molecule has 0 saturated heterocycles. The quantitative estimate of drug-likeness (QED) is 0.711. The molecule has 0 aliphatic carbocycles. The monoisotopic (exact) mass is 383 g/mol. The van der Waals surface area contributed by atoms with Crippen LogP contribution in [0.5, 0.6) is 0 Å². The van der Waals surface area contributed by atoms with E-state index in [1.54, 1.807) is 18.2 Å². The van der Waals surface area contributed by atoms with Gasteiger partial charge in [0.1, 0.15) is 0 Å². The normalized spacial score (nSPS) is 9.85. The number of carbonyl (C=O) groups is 2. The largest absolute Gasteiger partial charge is 0.476 e. The first-order valence-corrected chi connectivity index (χ1v) is 6.66. The number of rotatable bonds is 3. The van der Waals surface area contributed by atoms with E-state index in [-0.39, 0.29) is 11.4 Å². The molecule has 1 aromatic heterocycles. The number of hydrogen-bond donors (Lipinski definition) is 3. The van der Waals surface area contributed by atoms with Crippen molar-refractivity contribution < 1.29 is 14.7 Å². The molecule has 0 fully saturated rings. The Kier molecular flexibility index (Phi) is 4.51. The fraction of sp³-hybridized carbons (Fsp3) is 0. The number of carboxylic acids is 1. The van der Waals surface area contributed by atoms with Crippen LogP contribution in [0.1, 0.15) is 10.5 Å². The third-order valence-electron chi connectivity index (χ3n) is 2.36. The van der Waals surface area contributed by atoms with Gasteiger partial charge < -0.3 is 15.7 Å². The first-order valence-electron chi connectivity index (χ1n) is 5.58. The van der Waals surface area contributed by atoms with E-state index < -0.39 is 12.0 Å². The van der Waals surface area contributed by atoms with Crippen LogP contribution < -0.4 is 10.6 Å². The first kappa shape index (κ1) is 14.3. The van der Waals surface area contributed by atoms with Crippen molar-refractivity contribution in [1.29, 1.82) is 0 Å². The van der Waals surface area contributed by atoms with E-state index >= 15 is 0 Å². The van der Waals surface area contributed by atoms with Crippen molar-refractivity contribution in [2.45, 2.75) is 0 Å². The molecule has 2 rings (SSSR count). The molecule has 0 unspecified atom stereocenters. The lowest BCUT2D eigenvalue weighted by molar-refractivity contribution is 0.0692. The highest BCUT2D eigenvalue weighted by Gasteiger charge is 2.13. The lowest BCUT2D eigenvalue weighted by atomic mass is 10.3. The zero-order valence-corrected chi connectivity index (χ0v) is 12.3. The molecule has 20 heavy (non-hydrogen) atoms. The molecule has 0 aliphatic heterocycles. The number of aromatic nitrogens is 1. The average molecular weight is 383 g/mol. The second-order valence-electron chi connectivity index (χ2n) is 3.79. The van der Waals surface area contributed by atoms with Crippen molar-refractivity contribution in [1.82, 2.24) is 4.98 Å². The predicted molar refractivity (Wildman–Crippen MR) is 83.0 cm³/mol. The minimum Gasteiger partial charge on any atom is -0.476 e. The number of carboxylic acid groups (broad SMARTS) is 1. The predicted octanol–water partition coefficient (Wildman–Crippen LogP) is 3.03. The van der Waals surface area contributed by atoms with Crippen LogP contribution in [0, 0.1) is 3.57 Å². The maximum absolute atomic E-state index is 11.8. The van der Waals surface area contributed by atoms with E-state index in [0.29, 0.717) is 5.69 Å². The summed E-state index contributed by atoms with van der Waals surface area (Å²) in [7, 11) is 0. The Morgan fingerprint density at radius 3 is 2.45 bits per heavy atom. The number of aromatic carboxylic acids is 1. The average Bonchev–Trinajstić information content (AvgIpc) is 2.41. The Labute approximate surface area is 128 Å². The first-order chi connectivity index (χ1) is 9.56. The van der Waals surface area contributed by atoms with Crippen LogP contribution in [0.3, 0.4) is 0 Å². The number of anilines is 2. The highest BCUT2D eigenvalue weighted by molar-refractivity contribution is 14.1. The van der Waals surface area contributed by atoms with Gasteiger partial charge in [0.05, 0.1) is 5.69 Å². The van der Waals surface area contributed by atoms with Crippen LogP contribution in [0.4, 0.5) is 16.2 Å². The third kappa shape index (κ3) is 3.67. The zero-order valence-electron chi connectivity index (χ0n) is 10.1. The molecule has 0 saturated carbocycles. The summed E-state index contributed by atoms with van der Waals surface area (Å²) < 4.78 is 1.05. The Balaban J connectivity index is 2.08. The molecular formula is C13H10IN3O3. The number of halogens is 1. The number of amides is 2. The standard InChI is InChI=1S/C13H10IN3O3/c14-8-3-5-9(6-4-8)16-13(20)17-10-2-1-7-15-11(10)12(18)19/h1-7H,(H,18,19)(H2,16,17,20). The second-order valence-corrected chi connectivity index (χ2v) is 5.04. The number of benzene rings is 1. The van der Waals surface area contributed by atoms with Gasteiger partial charge in [0.25, 0.3) is 0 Å². The molecule has 0 bridgehead atoms. The smallest absolute Gasteiger partial charge is 0.356 e. The molecule has 2 amide bonds. The van der Waals surface area contributed by atoms with E-state index in [0.717, 1.165) is 3.57 Å². The van der Waals surface area contributed by atoms with E-state index in [1.165, 1.54) is 12.3 Å². The molecule has 1 aromatic carbocycles. The number of nitrogens with one attached hydrogen (secondary N) is 2. The van der Waals surface area contributed by atoms with Gasteiger partial charge in [-0.25, -0.2) is 14.6 Å². The molecule has 0 radical (unpaired) electrons. The Hall–Kier alpha value is -2.16. The summed E-state index contributed by atoms with van der Waals surface area (Å²) in [6, 6.07) is 9.70. The highest BCUT2D eigenvalue weighted by Crippen LogP contribution is 2.14. The summed E-state index contributed by atoms with van der Waals surface area (Å²) in [5.74, 6) is -1.20. The van der Waals surface area contributed by atoms with Gasteiger partial charge in [-0.05, 0) is 59.0 Å². The zero-order chi connectivity index (χ0) is 14.5. The SMILES string of the molecule is O=C(Nc1ccc(I)cc1)Nc1cccnc1C(=O)O. The van der Waals surface area contributed by atoms with Crippen LogP contribution in [0.2, 0.25) is 0 Å². The van der Waals surface area contributed by atoms with Crippen LogP contribution in [0.15, 0.2) is 42.6 Å². The van der Waals surface area contributed by atoms with Gasteiger partial charge >= 0.3 is 12.0 Å². The maximum atomic E-state index is 11.8. The van der Waals surface area contributed by atoms with Crippen molar-refractivity contribution >= 4 is 46.0 Å². The van der Waals surface area contributed by atoms with Gasteiger partial charge in [0, 0.05) is 15.5 Å². The number of hydrogen-bond acceptors (Lipinski definition) is 3. The number of pyridine rings is 1.